The lowest BCUT2D eigenvalue weighted by atomic mass is 10.0. The van der Waals surface area contributed by atoms with Crippen LogP contribution in [0.4, 0.5) is 10.5 Å². The minimum absolute atomic E-state index is 0.00465. The average molecular weight is 379 g/mol. The topological polar surface area (TPSA) is 87.7 Å². The molecule has 0 unspecified atom stereocenters. The van der Waals surface area contributed by atoms with Gasteiger partial charge in [-0.3, -0.25) is 14.9 Å². The maximum absolute atomic E-state index is 12.8. The predicted molar refractivity (Wildman–Crippen MR) is 104 cm³/mol. The first-order valence-electron chi connectivity index (χ1n) is 9.37. The molecule has 144 valence electrons. The van der Waals surface area contributed by atoms with Crippen molar-refractivity contribution in [1.29, 1.82) is 0 Å². The molecule has 1 fully saturated rings. The molecule has 4 amide bonds. The molecule has 7 heteroatoms. The third-order valence-electron chi connectivity index (χ3n) is 5.08. The lowest BCUT2D eigenvalue weighted by molar-refractivity contribution is 0.0879. The molecule has 0 radical (unpaired) electrons. The van der Waals surface area contributed by atoms with E-state index in [2.05, 4.69) is 10.6 Å². The largest absolute Gasteiger partial charge is 0.494 e. The van der Waals surface area contributed by atoms with E-state index in [1.807, 2.05) is 31.2 Å². The molecule has 4 rings (SSSR count). The van der Waals surface area contributed by atoms with Gasteiger partial charge in [0.1, 0.15) is 5.75 Å². The molecule has 2 aliphatic heterocycles. The van der Waals surface area contributed by atoms with Gasteiger partial charge in [0.15, 0.2) is 0 Å². The lowest BCUT2D eigenvalue weighted by Gasteiger charge is -2.25. The first-order chi connectivity index (χ1) is 13.6. The number of ether oxygens (including phenoxy) is 1. The number of urea groups is 1. The number of benzene rings is 2. The summed E-state index contributed by atoms with van der Waals surface area (Å²) in [6.07, 6.45) is 1.81. The molecule has 1 atom stereocenters. The molecule has 0 bridgehead atoms. The summed E-state index contributed by atoms with van der Waals surface area (Å²) in [4.78, 5) is 38.1. The normalized spacial score (nSPS) is 18.0. The van der Waals surface area contributed by atoms with Crippen LogP contribution in [0.1, 0.15) is 52.1 Å². The maximum Gasteiger partial charge on any atom is 0.322 e. The second-order valence-corrected chi connectivity index (χ2v) is 6.83. The summed E-state index contributed by atoms with van der Waals surface area (Å²) in [6, 6.07) is 12.3. The summed E-state index contributed by atoms with van der Waals surface area (Å²) in [7, 11) is 0. The van der Waals surface area contributed by atoms with Crippen LogP contribution in [0.15, 0.2) is 42.5 Å². The lowest BCUT2D eigenvalue weighted by Crippen LogP contribution is -2.34. The van der Waals surface area contributed by atoms with Crippen molar-refractivity contribution in [3.63, 3.8) is 0 Å². The van der Waals surface area contributed by atoms with Crippen molar-refractivity contribution in [2.75, 3.05) is 18.5 Å². The summed E-state index contributed by atoms with van der Waals surface area (Å²) in [6.45, 7) is 3.21. The van der Waals surface area contributed by atoms with Crippen molar-refractivity contribution in [1.82, 2.24) is 10.2 Å². The van der Waals surface area contributed by atoms with E-state index in [1.54, 1.807) is 17.0 Å². The highest BCUT2D eigenvalue weighted by molar-refractivity contribution is 6.22. The zero-order valence-electron chi connectivity index (χ0n) is 15.5. The number of carbonyl (C=O) groups excluding carboxylic acids is 3. The Bertz CT molecular complexity index is 939. The fraction of sp³-hybridized carbons (Fsp3) is 0.286. The van der Waals surface area contributed by atoms with Gasteiger partial charge in [-0.05, 0) is 55.7 Å². The highest BCUT2D eigenvalue weighted by atomic mass is 16.5. The van der Waals surface area contributed by atoms with Crippen molar-refractivity contribution in [2.24, 2.45) is 0 Å². The van der Waals surface area contributed by atoms with Gasteiger partial charge in [0.05, 0.1) is 23.8 Å². The summed E-state index contributed by atoms with van der Waals surface area (Å²) >= 11 is 0. The van der Waals surface area contributed by atoms with E-state index in [-0.39, 0.29) is 17.6 Å². The third-order valence-corrected chi connectivity index (χ3v) is 5.08. The van der Waals surface area contributed by atoms with Crippen molar-refractivity contribution in [3.05, 3.63) is 59.2 Å². The smallest absolute Gasteiger partial charge is 0.322 e. The molecule has 0 saturated carbocycles. The Kier molecular flexibility index (Phi) is 4.73. The molecular weight excluding hydrogens is 358 g/mol. The molecule has 2 aromatic carbocycles. The van der Waals surface area contributed by atoms with Crippen molar-refractivity contribution < 1.29 is 19.1 Å². The molecule has 7 nitrogen and oxygen atoms in total. The maximum atomic E-state index is 12.8. The van der Waals surface area contributed by atoms with E-state index in [0.29, 0.717) is 24.4 Å². The van der Waals surface area contributed by atoms with Crippen LogP contribution < -0.4 is 15.4 Å². The van der Waals surface area contributed by atoms with Crippen LogP contribution in [0.3, 0.4) is 0 Å². The van der Waals surface area contributed by atoms with Gasteiger partial charge in [0.25, 0.3) is 11.8 Å². The summed E-state index contributed by atoms with van der Waals surface area (Å²) in [5.74, 6) is -0.0382. The minimum atomic E-state index is -0.440. The van der Waals surface area contributed by atoms with Crippen molar-refractivity contribution >= 4 is 23.5 Å². The molecule has 0 aliphatic carbocycles. The second-order valence-electron chi connectivity index (χ2n) is 6.83. The quantitative estimate of drug-likeness (QED) is 0.798. The van der Waals surface area contributed by atoms with Gasteiger partial charge in [-0.15, -0.1) is 0 Å². The van der Waals surface area contributed by atoms with Gasteiger partial charge in [-0.25, -0.2) is 4.79 Å². The van der Waals surface area contributed by atoms with E-state index in [9.17, 15) is 14.4 Å². The zero-order valence-corrected chi connectivity index (χ0v) is 15.5. The molecule has 1 saturated heterocycles. The minimum Gasteiger partial charge on any atom is -0.494 e. The summed E-state index contributed by atoms with van der Waals surface area (Å²) in [5.41, 5.74) is 2.17. The number of nitrogens with one attached hydrogen (secondary N) is 2. The number of nitrogens with zero attached hydrogens (tertiary/aromatic N) is 1. The van der Waals surface area contributed by atoms with Crippen LogP contribution in [0, 0.1) is 0 Å². The SMILES string of the molecule is CCOc1ccc([C@H]2CCCN2C(=O)Nc2ccc3c(c2)C(=O)NC3=O)cc1. The number of anilines is 1. The van der Waals surface area contributed by atoms with Crippen molar-refractivity contribution in [3.8, 4) is 5.75 Å². The van der Waals surface area contributed by atoms with Gasteiger partial charge >= 0.3 is 6.03 Å². The first kappa shape index (κ1) is 18.0. The van der Waals surface area contributed by atoms with Crippen LogP contribution in [-0.2, 0) is 0 Å². The van der Waals surface area contributed by atoms with E-state index < -0.39 is 11.8 Å². The van der Waals surface area contributed by atoms with Gasteiger partial charge in [0, 0.05) is 12.2 Å². The molecule has 0 aromatic heterocycles. The Labute approximate surface area is 162 Å². The highest BCUT2D eigenvalue weighted by Crippen LogP contribution is 2.33. The van der Waals surface area contributed by atoms with Gasteiger partial charge in [-0.1, -0.05) is 12.1 Å². The Morgan fingerprint density at radius 1 is 1.14 bits per heavy atom. The Morgan fingerprint density at radius 3 is 2.64 bits per heavy atom. The average Bonchev–Trinajstić information content (AvgIpc) is 3.28. The fourth-order valence-corrected chi connectivity index (χ4v) is 3.75. The van der Waals surface area contributed by atoms with Gasteiger partial charge in [-0.2, -0.15) is 0 Å². The molecule has 2 aromatic rings. The molecule has 2 heterocycles. The number of hydrogen-bond acceptors (Lipinski definition) is 4. The number of hydrogen-bond donors (Lipinski definition) is 2. The summed E-state index contributed by atoms with van der Waals surface area (Å²) < 4.78 is 5.48. The van der Waals surface area contributed by atoms with Crippen LogP contribution in [0.5, 0.6) is 5.75 Å². The van der Waals surface area contributed by atoms with Crippen LogP contribution in [0.2, 0.25) is 0 Å². The molecule has 0 spiro atoms. The third kappa shape index (κ3) is 3.31. The number of likely N-dealkylation sites (tertiary alicyclic amines) is 1. The van der Waals surface area contributed by atoms with E-state index >= 15 is 0 Å². The summed E-state index contributed by atoms with van der Waals surface area (Å²) in [5, 5.41) is 5.10. The molecule has 2 N–H and O–H groups in total. The number of imide groups is 1. The molecule has 28 heavy (non-hydrogen) atoms. The zero-order chi connectivity index (χ0) is 19.7. The number of rotatable bonds is 4. The number of carbonyl (C=O) groups is 3. The monoisotopic (exact) mass is 379 g/mol. The van der Waals surface area contributed by atoms with Crippen molar-refractivity contribution in [2.45, 2.75) is 25.8 Å². The van der Waals surface area contributed by atoms with Crippen LogP contribution >= 0.6 is 0 Å². The van der Waals surface area contributed by atoms with Crippen LogP contribution in [-0.4, -0.2) is 35.9 Å². The predicted octanol–water partition coefficient (Wildman–Crippen LogP) is 3.34. The molecule has 2 aliphatic rings. The second kappa shape index (κ2) is 7.34. The Hall–Kier alpha value is -3.35. The number of amides is 4. The molecular formula is C21H21N3O4. The number of fused-ring (bicyclic) bond motifs is 1. The van der Waals surface area contributed by atoms with Gasteiger partial charge in [0.2, 0.25) is 0 Å². The Morgan fingerprint density at radius 2 is 1.89 bits per heavy atom. The van der Waals surface area contributed by atoms with E-state index in [0.717, 1.165) is 24.2 Å². The van der Waals surface area contributed by atoms with Gasteiger partial charge < -0.3 is 15.0 Å². The highest BCUT2D eigenvalue weighted by Gasteiger charge is 2.31. The standard InChI is InChI=1S/C21H21N3O4/c1-2-28-15-8-5-13(6-9-15)18-4-3-11-24(18)21(27)22-14-7-10-16-17(12-14)20(26)23-19(16)25/h5-10,12,18H,2-4,11H2,1H3,(H,22,27)(H,23,25,26)/t18-/m1/s1. The van der Waals surface area contributed by atoms with E-state index in [1.165, 1.54) is 6.07 Å². The van der Waals surface area contributed by atoms with E-state index in [4.69, 9.17) is 4.74 Å². The fourth-order valence-electron chi connectivity index (χ4n) is 3.75. The first-order valence-corrected chi connectivity index (χ1v) is 9.37. The Balaban J connectivity index is 1.49. The van der Waals surface area contributed by atoms with Crippen LogP contribution in [0.25, 0.3) is 0 Å².